The molecule has 0 saturated heterocycles. The van der Waals surface area contributed by atoms with Crippen LogP contribution < -0.4 is 0 Å². The Kier molecular flexibility index (Phi) is 3.32. The topological polar surface area (TPSA) is 37.3 Å². The summed E-state index contributed by atoms with van der Waals surface area (Å²) in [7, 11) is 0. The van der Waals surface area contributed by atoms with Gasteiger partial charge in [0.25, 0.3) is 0 Å². The normalized spacial score (nSPS) is 24.0. The van der Waals surface area contributed by atoms with Crippen LogP contribution in [0.25, 0.3) is 0 Å². The first-order chi connectivity index (χ1) is 5.70. The molecule has 1 fully saturated rings. The van der Waals surface area contributed by atoms with Crippen molar-refractivity contribution in [1.82, 2.24) is 0 Å². The van der Waals surface area contributed by atoms with Crippen molar-refractivity contribution in [3.8, 4) is 0 Å². The van der Waals surface area contributed by atoms with Crippen LogP contribution in [-0.4, -0.2) is 11.1 Å². The molecule has 1 atom stereocenters. The number of carbonyl (C=O) groups is 1. The summed E-state index contributed by atoms with van der Waals surface area (Å²) in [5.41, 5.74) is 1.27. The second-order valence-electron chi connectivity index (χ2n) is 3.53. The summed E-state index contributed by atoms with van der Waals surface area (Å²) in [4.78, 5) is 10.3. The molecule has 0 bridgehead atoms. The highest BCUT2D eigenvalue weighted by Crippen LogP contribution is 2.31. The summed E-state index contributed by atoms with van der Waals surface area (Å²) in [5.74, 6) is -0.205. The molecule has 1 rings (SSSR count). The minimum absolute atomic E-state index is 0.295. The van der Waals surface area contributed by atoms with Crippen molar-refractivity contribution >= 4 is 5.97 Å². The molecule has 0 aromatic heterocycles. The number of carboxylic acids is 1. The fourth-order valence-corrected chi connectivity index (χ4v) is 1.80. The van der Waals surface area contributed by atoms with Crippen LogP contribution in [0.15, 0.2) is 12.2 Å². The third-order valence-electron chi connectivity index (χ3n) is 2.58. The Morgan fingerprint density at radius 2 is 2.33 bits per heavy atom. The van der Waals surface area contributed by atoms with Crippen LogP contribution in [0.4, 0.5) is 0 Å². The Labute approximate surface area is 73.3 Å². The van der Waals surface area contributed by atoms with Gasteiger partial charge >= 0.3 is 5.97 Å². The van der Waals surface area contributed by atoms with Gasteiger partial charge in [0, 0.05) is 6.42 Å². The predicted molar refractivity (Wildman–Crippen MR) is 48.0 cm³/mol. The van der Waals surface area contributed by atoms with Gasteiger partial charge in [0.05, 0.1) is 0 Å². The number of aliphatic carboxylic acids is 1. The summed E-state index contributed by atoms with van der Waals surface area (Å²) < 4.78 is 0. The van der Waals surface area contributed by atoms with Crippen LogP contribution in [-0.2, 0) is 4.79 Å². The van der Waals surface area contributed by atoms with Crippen LogP contribution >= 0.6 is 0 Å². The highest BCUT2D eigenvalue weighted by atomic mass is 16.4. The molecule has 0 amide bonds. The van der Waals surface area contributed by atoms with E-state index in [9.17, 15) is 4.79 Å². The van der Waals surface area contributed by atoms with Gasteiger partial charge in [-0.15, -0.1) is 0 Å². The summed E-state index contributed by atoms with van der Waals surface area (Å²) in [6.45, 7) is 3.98. The van der Waals surface area contributed by atoms with Crippen LogP contribution in [0.1, 0.15) is 38.5 Å². The maximum Gasteiger partial charge on any atom is 0.303 e. The molecule has 0 radical (unpaired) electrons. The SMILES string of the molecule is C=C1CCCCC1CCC(=O)O. The molecule has 2 heteroatoms. The second kappa shape index (κ2) is 4.29. The van der Waals surface area contributed by atoms with Crippen molar-refractivity contribution < 1.29 is 9.90 Å². The van der Waals surface area contributed by atoms with Gasteiger partial charge in [-0.3, -0.25) is 4.79 Å². The van der Waals surface area contributed by atoms with Crippen molar-refractivity contribution in [2.75, 3.05) is 0 Å². The van der Waals surface area contributed by atoms with Gasteiger partial charge in [-0.25, -0.2) is 0 Å². The molecule has 0 aromatic rings. The molecule has 0 spiro atoms. The van der Waals surface area contributed by atoms with Crippen molar-refractivity contribution in [2.45, 2.75) is 38.5 Å². The van der Waals surface area contributed by atoms with E-state index in [1.165, 1.54) is 18.4 Å². The standard InChI is InChI=1S/C10H16O2/c1-8-4-2-3-5-9(8)6-7-10(11)12/h9H,1-7H2,(H,11,12). The molecule has 0 aromatic carbocycles. The minimum Gasteiger partial charge on any atom is -0.481 e. The van der Waals surface area contributed by atoms with E-state index >= 15 is 0 Å². The van der Waals surface area contributed by atoms with Crippen LogP contribution in [0.5, 0.6) is 0 Å². The summed E-state index contributed by atoms with van der Waals surface area (Å²) in [5, 5.41) is 8.50. The van der Waals surface area contributed by atoms with Gasteiger partial charge in [0.1, 0.15) is 0 Å². The maximum atomic E-state index is 10.3. The molecular weight excluding hydrogens is 152 g/mol. The molecular formula is C10H16O2. The number of rotatable bonds is 3. The highest BCUT2D eigenvalue weighted by Gasteiger charge is 2.17. The monoisotopic (exact) mass is 168 g/mol. The second-order valence-corrected chi connectivity index (χ2v) is 3.53. The van der Waals surface area contributed by atoms with Crippen LogP contribution in [0.3, 0.4) is 0 Å². The first-order valence-corrected chi connectivity index (χ1v) is 4.59. The third-order valence-corrected chi connectivity index (χ3v) is 2.58. The first-order valence-electron chi connectivity index (χ1n) is 4.59. The average Bonchev–Trinajstić information content (AvgIpc) is 2.03. The van der Waals surface area contributed by atoms with Gasteiger partial charge in [0.15, 0.2) is 0 Å². The predicted octanol–water partition coefficient (Wildman–Crippen LogP) is 2.60. The summed E-state index contributed by atoms with van der Waals surface area (Å²) in [6, 6.07) is 0. The lowest BCUT2D eigenvalue weighted by Crippen LogP contribution is -2.11. The van der Waals surface area contributed by atoms with E-state index in [0.29, 0.717) is 12.3 Å². The summed E-state index contributed by atoms with van der Waals surface area (Å²) >= 11 is 0. The zero-order chi connectivity index (χ0) is 8.97. The van der Waals surface area contributed by atoms with Gasteiger partial charge in [-0.05, 0) is 31.6 Å². The number of hydrogen-bond donors (Lipinski definition) is 1. The fourth-order valence-electron chi connectivity index (χ4n) is 1.80. The van der Waals surface area contributed by atoms with Gasteiger partial charge in [-0.1, -0.05) is 18.6 Å². The first kappa shape index (κ1) is 9.30. The highest BCUT2D eigenvalue weighted by molar-refractivity contribution is 5.66. The van der Waals surface area contributed by atoms with Gasteiger partial charge in [0.2, 0.25) is 0 Å². The van der Waals surface area contributed by atoms with E-state index in [-0.39, 0.29) is 0 Å². The summed E-state index contributed by atoms with van der Waals surface area (Å²) in [6.07, 6.45) is 5.81. The molecule has 1 aliphatic carbocycles. The van der Waals surface area contributed by atoms with Gasteiger partial charge in [-0.2, -0.15) is 0 Å². The quantitative estimate of drug-likeness (QED) is 0.658. The van der Waals surface area contributed by atoms with E-state index in [0.717, 1.165) is 19.3 Å². The molecule has 12 heavy (non-hydrogen) atoms. The van der Waals surface area contributed by atoms with Crippen LogP contribution in [0, 0.1) is 5.92 Å². The van der Waals surface area contributed by atoms with Crippen molar-refractivity contribution in [3.05, 3.63) is 12.2 Å². The maximum absolute atomic E-state index is 10.3. The Bertz CT molecular complexity index is 184. The van der Waals surface area contributed by atoms with E-state index < -0.39 is 5.97 Å². The lowest BCUT2D eigenvalue weighted by molar-refractivity contribution is -0.137. The number of carboxylic acid groups (broad SMARTS) is 1. The Hall–Kier alpha value is -0.790. The largest absolute Gasteiger partial charge is 0.481 e. The van der Waals surface area contributed by atoms with Crippen molar-refractivity contribution in [1.29, 1.82) is 0 Å². The smallest absolute Gasteiger partial charge is 0.303 e. The lowest BCUT2D eigenvalue weighted by Gasteiger charge is -2.23. The van der Waals surface area contributed by atoms with Crippen molar-refractivity contribution in [3.63, 3.8) is 0 Å². The molecule has 68 valence electrons. The minimum atomic E-state index is -0.687. The Balaban J connectivity index is 2.29. The Morgan fingerprint density at radius 3 is 2.92 bits per heavy atom. The molecule has 0 heterocycles. The molecule has 1 aliphatic rings. The molecule has 1 unspecified atom stereocenters. The van der Waals surface area contributed by atoms with E-state index in [1.54, 1.807) is 0 Å². The zero-order valence-corrected chi connectivity index (χ0v) is 7.38. The van der Waals surface area contributed by atoms with E-state index in [2.05, 4.69) is 6.58 Å². The van der Waals surface area contributed by atoms with E-state index in [4.69, 9.17) is 5.11 Å². The molecule has 1 N–H and O–H groups in total. The van der Waals surface area contributed by atoms with Crippen molar-refractivity contribution in [2.24, 2.45) is 5.92 Å². The number of hydrogen-bond acceptors (Lipinski definition) is 1. The fraction of sp³-hybridized carbons (Fsp3) is 0.700. The molecule has 1 saturated carbocycles. The lowest BCUT2D eigenvalue weighted by atomic mass is 9.82. The molecule has 2 nitrogen and oxygen atoms in total. The Morgan fingerprint density at radius 1 is 1.58 bits per heavy atom. The molecule has 0 aliphatic heterocycles. The van der Waals surface area contributed by atoms with Gasteiger partial charge < -0.3 is 5.11 Å². The zero-order valence-electron chi connectivity index (χ0n) is 7.38. The number of allylic oxidation sites excluding steroid dienone is 1. The third kappa shape index (κ3) is 2.68. The average molecular weight is 168 g/mol. The van der Waals surface area contributed by atoms with E-state index in [1.807, 2.05) is 0 Å². The van der Waals surface area contributed by atoms with Crippen LogP contribution in [0.2, 0.25) is 0 Å².